The number of nitrogens with one attached hydrogen (secondary N) is 1. The predicted octanol–water partition coefficient (Wildman–Crippen LogP) is 3.86. The highest BCUT2D eigenvalue weighted by molar-refractivity contribution is 5.79. The van der Waals surface area contributed by atoms with Gasteiger partial charge in [0.1, 0.15) is 0 Å². The summed E-state index contributed by atoms with van der Waals surface area (Å²) in [5.41, 5.74) is 2.52. The number of amides is 2. The number of nitrogens with zero attached hydrogens (tertiary/aromatic N) is 1. The first-order valence-corrected chi connectivity index (χ1v) is 10.7. The minimum atomic E-state index is 0.152. The smallest absolute Gasteiger partial charge is 0.225 e. The molecule has 1 saturated heterocycles. The van der Waals surface area contributed by atoms with E-state index >= 15 is 0 Å². The lowest BCUT2D eigenvalue weighted by Gasteiger charge is -2.35. The van der Waals surface area contributed by atoms with Crippen LogP contribution in [0.3, 0.4) is 0 Å². The lowest BCUT2D eigenvalue weighted by Crippen LogP contribution is -2.43. The van der Waals surface area contributed by atoms with E-state index in [1.54, 1.807) is 0 Å². The van der Waals surface area contributed by atoms with Crippen molar-refractivity contribution in [3.63, 3.8) is 0 Å². The molecule has 1 aliphatic heterocycles. The molecule has 2 aliphatic rings. The summed E-state index contributed by atoms with van der Waals surface area (Å²) in [6.45, 7) is 4.44. The van der Waals surface area contributed by atoms with E-state index in [1.165, 1.54) is 30.4 Å². The summed E-state index contributed by atoms with van der Waals surface area (Å²) < 4.78 is 0. The molecule has 0 radical (unpaired) electrons. The molecule has 1 aromatic rings. The van der Waals surface area contributed by atoms with Crippen molar-refractivity contribution in [1.29, 1.82) is 0 Å². The van der Waals surface area contributed by atoms with E-state index in [-0.39, 0.29) is 11.8 Å². The fraction of sp³-hybridized carbons (Fsp3) is 0.652. The highest BCUT2D eigenvalue weighted by Crippen LogP contribution is 2.28. The average molecular weight is 371 g/mol. The van der Waals surface area contributed by atoms with Crippen LogP contribution in [0.25, 0.3) is 0 Å². The van der Waals surface area contributed by atoms with Crippen molar-refractivity contribution in [2.45, 2.75) is 64.7 Å². The number of hydrogen-bond donors (Lipinski definition) is 1. The standard InChI is InChI=1S/C23H34N2O2/c1-18-7-9-19(10-8-18)11-14-24-22(26)17-20-12-15-25(16-13-20)23(27)21-5-3-2-4-6-21/h7-10,20-21H,2-6,11-17H2,1H3,(H,24,26). The Morgan fingerprint density at radius 3 is 2.33 bits per heavy atom. The van der Waals surface area contributed by atoms with Crippen LogP contribution in [0.15, 0.2) is 24.3 Å². The maximum absolute atomic E-state index is 12.6. The summed E-state index contributed by atoms with van der Waals surface area (Å²) in [5, 5.41) is 3.06. The molecule has 1 aromatic carbocycles. The Labute approximate surface area is 163 Å². The minimum absolute atomic E-state index is 0.152. The van der Waals surface area contributed by atoms with Crippen LogP contribution in [0, 0.1) is 18.8 Å². The van der Waals surface area contributed by atoms with Crippen LogP contribution < -0.4 is 5.32 Å². The van der Waals surface area contributed by atoms with Gasteiger partial charge in [-0.05, 0) is 50.5 Å². The SMILES string of the molecule is Cc1ccc(CCNC(=O)CC2CCN(C(=O)C3CCCCC3)CC2)cc1. The van der Waals surface area contributed by atoms with Gasteiger partial charge in [0.25, 0.3) is 0 Å². The normalized spacial score (nSPS) is 19.1. The largest absolute Gasteiger partial charge is 0.356 e. The molecule has 1 heterocycles. The number of aryl methyl sites for hydroxylation is 1. The maximum Gasteiger partial charge on any atom is 0.225 e. The van der Waals surface area contributed by atoms with Gasteiger partial charge in [-0.25, -0.2) is 0 Å². The Balaban J connectivity index is 1.33. The van der Waals surface area contributed by atoms with Gasteiger partial charge in [0.2, 0.25) is 11.8 Å². The average Bonchev–Trinajstić information content (AvgIpc) is 2.70. The zero-order valence-electron chi connectivity index (χ0n) is 16.7. The highest BCUT2D eigenvalue weighted by Gasteiger charge is 2.29. The van der Waals surface area contributed by atoms with Crippen LogP contribution in [0.4, 0.5) is 0 Å². The van der Waals surface area contributed by atoms with Crippen molar-refractivity contribution in [3.05, 3.63) is 35.4 Å². The molecule has 148 valence electrons. The van der Waals surface area contributed by atoms with Crippen LogP contribution in [-0.2, 0) is 16.0 Å². The second-order valence-corrected chi connectivity index (χ2v) is 8.39. The fourth-order valence-electron chi connectivity index (χ4n) is 4.40. The number of rotatable bonds is 6. The van der Waals surface area contributed by atoms with E-state index in [1.807, 2.05) is 0 Å². The van der Waals surface area contributed by atoms with Gasteiger partial charge in [0, 0.05) is 32.0 Å². The third kappa shape index (κ3) is 6.08. The van der Waals surface area contributed by atoms with E-state index in [0.717, 1.165) is 45.2 Å². The summed E-state index contributed by atoms with van der Waals surface area (Å²) in [4.78, 5) is 26.9. The molecule has 1 aliphatic carbocycles. The highest BCUT2D eigenvalue weighted by atomic mass is 16.2. The van der Waals surface area contributed by atoms with Crippen molar-refractivity contribution < 1.29 is 9.59 Å². The molecule has 4 heteroatoms. The molecule has 0 unspecified atom stereocenters. The van der Waals surface area contributed by atoms with Gasteiger partial charge in [-0.15, -0.1) is 0 Å². The molecule has 4 nitrogen and oxygen atoms in total. The van der Waals surface area contributed by atoms with Crippen LogP contribution in [-0.4, -0.2) is 36.3 Å². The molecule has 3 rings (SSSR count). The summed E-state index contributed by atoms with van der Waals surface area (Å²) in [5.74, 6) is 1.20. The minimum Gasteiger partial charge on any atom is -0.356 e. The van der Waals surface area contributed by atoms with Crippen LogP contribution in [0.2, 0.25) is 0 Å². The Bertz CT molecular complexity index is 612. The van der Waals surface area contributed by atoms with E-state index in [0.29, 0.717) is 24.8 Å². The monoisotopic (exact) mass is 370 g/mol. The lowest BCUT2D eigenvalue weighted by atomic mass is 9.87. The zero-order valence-corrected chi connectivity index (χ0v) is 16.7. The number of likely N-dealkylation sites (tertiary alicyclic amines) is 1. The quantitative estimate of drug-likeness (QED) is 0.826. The molecule has 0 spiro atoms. The zero-order chi connectivity index (χ0) is 19.1. The number of carbonyl (C=O) groups is 2. The molecular formula is C23H34N2O2. The van der Waals surface area contributed by atoms with E-state index in [4.69, 9.17) is 0 Å². The Kier molecular flexibility index (Phi) is 7.31. The Morgan fingerprint density at radius 2 is 1.67 bits per heavy atom. The van der Waals surface area contributed by atoms with Crippen molar-refractivity contribution in [2.24, 2.45) is 11.8 Å². The number of benzene rings is 1. The first-order chi connectivity index (χ1) is 13.1. The van der Waals surface area contributed by atoms with Gasteiger partial charge in [-0.1, -0.05) is 49.1 Å². The fourth-order valence-corrected chi connectivity index (χ4v) is 4.40. The summed E-state index contributed by atoms with van der Waals surface area (Å²) in [6.07, 6.45) is 9.23. The molecule has 1 N–H and O–H groups in total. The molecule has 1 saturated carbocycles. The number of carbonyl (C=O) groups excluding carboxylic acids is 2. The topological polar surface area (TPSA) is 49.4 Å². The Morgan fingerprint density at radius 1 is 1.00 bits per heavy atom. The lowest BCUT2D eigenvalue weighted by molar-refractivity contribution is -0.138. The van der Waals surface area contributed by atoms with E-state index < -0.39 is 0 Å². The molecule has 0 atom stereocenters. The second kappa shape index (κ2) is 9.91. The van der Waals surface area contributed by atoms with Crippen molar-refractivity contribution in [2.75, 3.05) is 19.6 Å². The van der Waals surface area contributed by atoms with Gasteiger partial charge in [0.15, 0.2) is 0 Å². The van der Waals surface area contributed by atoms with Crippen LogP contribution in [0.5, 0.6) is 0 Å². The van der Waals surface area contributed by atoms with Crippen LogP contribution in [0.1, 0.15) is 62.5 Å². The van der Waals surface area contributed by atoms with Crippen molar-refractivity contribution in [1.82, 2.24) is 10.2 Å². The van der Waals surface area contributed by atoms with E-state index in [2.05, 4.69) is 41.4 Å². The molecule has 0 aromatic heterocycles. The molecule has 0 bridgehead atoms. The van der Waals surface area contributed by atoms with Crippen molar-refractivity contribution >= 4 is 11.8 Å². The van der Waals surface area contributed by atoms with Gasteiger partial charge < -0.3 is 10.2 Å². The summed E-state index contributed by atoms with van der Waals surface area (Å²) >= 11 is 0. The summed E-state index contributed by atoms with van der Waals surface area (Å²) in [7, 11) is 0. The van der Waals surface area contributed by atoms with Gasteiger partial charge >= 0.3 is 0 Å². The molecule has 27 heavy (non-hydrogen) atoms. The second-order valence-electron chi connectivity index (χ2n) is 8.39. The van der Waals surface area contributed by atoms with Gasteiger partial charge in [0.05, 0.1) is 0 Å². The maximum atomic E-state index is 12.6. The first kappa shape index (κ1) is 19.9. The third-order valence-corrected chi connectivity index (χ3v) is 6.21. The van der Waals surface area contributed by atoms with E-state index in [9.17, 15) is 9.59 Å². The molecular weight excluding hydrogens is 336 g/mol. The third-order valence-electron chi connectivity index (χ3n) is 6.21. The molecule has 2 fully saturated rings. The van der Waals surface area contributed by atoms with Gasteiger partial charge in [-0.2, -0.15) is 0 Å². The van der Waals surface area contributed by atoms with Gasteiger partial charge in [-0.3, -0.25) is 9.59 Å². The number of piperidine rings is 1. The first-order valence-electron chi connectivity index (χ1n) is 10.7. The predicted molar refractivity (Wildman–Crippen MR) is 108 cm³/mol. The van der Waals surface area contributed by atoms with Crippen molar-refractivity contribution in [3.8, 4) is 0 Å². The Hall–Kier alpha value is -1.84. The van der Waals surface area contributed by atoms with Crippen LogP contribution >= 0.6 is 0 Å². The molecule has 2 amide bonds. The summed E-state index contributed by atoms with van der Waals surface area (Å²) in [6, 6.07) is 8.47. The number of hydrogen-bond acceptors (Lipinski definition) is 2.